The van der Waals surface area contributed by atoms with Crippen LogP contribution in [0.5, 0.6) is 0 Å². The minimum Gasteiger partial charge on any atom is -0.381 e. The second-order valence-corrected chi connectivity index (χ2v) is 5.94. The van der Waals surface area contributed by atoms with Gasteiger partial charge in [0.1, 0.15) is 0 Å². The minimum absolute atomic E-state index is 0.188. The largest absolute Gasteiger partial charge is 0.381 e. The molecule has 1 aliphatic heterocycles. The van der Waals surface area contributed by atoms with Gasteiger partial charge in [-0.25, -0.2) is 0 Å². The molecule has 4 nitrogen and oxygen atoms in total. The summed E-state index contributed by atoms with van der Waals surface area (Å²) in [4.78, 5) is 14.5. The molecule has 2 N–H and O–H groups in total. The van der Waals surface area contributed by atoms with Gasteiger partial charge in [0, 0.05) is 38.3 Å². The van der Waals surface area contributed by atoms with Crippen molar-refractivity contribution < 1.29 is 9.53 Å². The third-order valence-electron chi connectivity index (χ3n) is 4.67. The van der Waals surface area contributed by atoms with Gasteiger partial charge in [0.15, 0.2) is 0 Å². The number of carbonyl (C=O) groups is 1. The van der Waals surface area contributed by atoms with E-state index in [0.29, 0.717) is 17.9 Å². The molecule has 1 amide bonds. The van der Waals surface area contributed by atoms with Gasteiger partial charge < -0.3 is 15.4 Å². The van der Waals surface area contributed by atoms with E-state index in [2.05, 4.69) is 6.92 Å². The van der Waals surface area contributed by atoms with Crippen molar-refractivity contribution in [1.82, 2.24) is 4.90 Å². The molecular weight excluding hydrogens is 228 g/mol. The van der Waals surface area contributed by atoms with Crippen molar-refractivity contribution in [2.24, 2.45) is 17.6 Å². The van der Waals surface area contributed by atoms with Crippen molar-refractivity contribution in [3.05, 3.63) is 0 Å². The Morgan fingerprint density at radius 3 is 2.50 bits per heavy atom. The fourth-order valence-corrected chi connectivity index (χ4v) is 3.18. The fraction of sp³-hybridized carbons (Fsp3) is 0.929. The van der Waals surface area contributed by atoms with Crippen LogP contribution >= 0.6 is 0 Å². The Kier molecular flexibility index (Phi) is 4.62. The van der Waals surface area contributed by atoms with Crippen LogP contribution in [0.1, 0.15) is 39.0 Å². The predicted octanol–water partition coefficient (Wildman–Crippen LogP) is 1.39. The number of hydrogen-bond acceptors (Lipinski definition) is 3. The molecule has 2 fully saturated rings. The maximum Gasteiger partial charge on any atom is 0.225 e. The molecule has 1 saturated carbocycles. The van der Waals surface area contributed by atoms with E-state index in [1.165, 1.54) is 0 Å². The lowest BCUT2D eigenvalue weighted by Gasteiger charge is -2.37. The normalized spacial score (nSPS) is 34.3. The zero-order chi connectivity index (χ0) is 13.1. The highest BCUT2D eigenvalue weighted by atomic mass is 16.5. The number of nitrogens with two attached hydrogens (primary N) is 1. The molecule has 3 unspecified atom stereocenters. The molecule has 0 spiro atoms. The fourth-order valence-electron chi connectivity index (χ4n) is 3.18. The lowest BCUT2D eigenvalue weighted by molar-refractivity contribution is -0.139. The Balaban J connectivity index is 1.89. The number of rotatable bonds is 2. The van der Waals surface area contributed by atoms with Crippen molar-refractivity contribution in [1.29, 1.82) is 0 Å². The highest BCUT2D eigenvalue weighted by molar-refractivity contribution is 5.79. The third-order valence-corrected chi connectivity index (χ3v) is 4.67. The van der Waals surface area contributed by atoms with Gasteiger partial charge in [0.05, 0.1) is 0 Å². The number of carbonyl (C=O) groups excluding carboxylic acids is 1. The predicted molar refractivity (Wildman–Crippen MR) is 71.1 cm³/mol. The second-order valence-electron chi connectivity index (χ2n) is 5.94. The molecule has 3 atom stereocenters. The van der Waals surface area contributed by atoms with E-state index in [0.717, 1.165) is 45.3 Å². The molecular formula is C14H26N2O2. The molecule has 1 heterocycles. The molecule has 2 aliphatic rings. The van der Waals surface area contributed by atoms with Gasteiger partial charge in [0.25, 0.3) is 0 Å². The van der Waals surface area contributed by atoms with Crippen LogP contribution in [0.25, 0.3) is 0 Å². The molecule has 1 aliphatic carbocycles. The lowest BCUT2D eigenvalue weighted by atomic mass is 9.78. The van der Waals surface area contributed by atoms with Crippen molar-refractivity contribution in [2.75, 3.05) is 20.3 Å². The smallest absolute Gasteiger partial charge is 0.225 e. The van der Waals surface area contributed by atoms with Crippen molar-refractivity contribution in [3.8, 4) is 0 Å². The molecule has 0 aromatic rings. The molecule has 1 saturated heterocycles. The van der Waals surface area contributed by atoms with Gasteiger partial charge in [-0.1, -0.05) is 6.92 Å². The van der Waals surface area contributed by atoms with Gasteiger partial charge in [-0.2, -0.15) is 0 Å². The van der Waals surface area contributed by atoms with Gasteiger partial charge >= 0.3 is 0 Å². The van der Waals surface area contributed by atoms with E-state index in [4.69, 9.17) is 10.5 Å². The number of amides is 1. The first-order chi connectivity index (χ1) is 8.59. The summed E-state index contributed by atoms with van der Waals surface area (Å²) < 4.78 is 5.35. The van der Waals surface area contributed by atoms with Crippen molar-refractivity contribution in [3.63, 3.8) is 0 Å². The maximum absolute atomic E-state index is 12.5. The Labute approximate surface area is 110 Å². The number of hydrogen-bond donors (Lipinski definition) is 1. The van der Waals surface area contributed by atoms with E-state index in [1.807, 2.05) is 11.9 Å². The summed E-state index contributed by atoms with van der Waals surface area (Å²) >= 11 is 0. The molecule has 104 valence electrons. The summed E-state index contributed by atoms with van der Waals surface area (Å²) in [5.41, 5.74) is 6.02. The Bertz CT molecular complexity index is 286. The Morgan fingerprint density at radius 2 is 1.89 bits per heavy atom. The molecule has 0 aromatic carbocycles. The summed E-state index contributed by atoms with van der Waals surface area (Å²) in [6.45, 7) is 3.74. The van der Waals surface area contributed by atoms with Crippen LogP contribution in [0.4, 0.5) is 0 Å². The van der Waals surface area contributed by atoms with E-state index in [-0.39, 0.29) is 12.0 Å². The maximum atomic E-state index is 12.5. The summed E-state index contributed by atoms with van der Waals surface area (Å²) in [6, 6.07) is 0.652. The average Bonchev–Trinajstić information content (AvgIpc) is 2.41. The zero-order valence-electron chi connectivity index (χ0n) is 11.6. The molecule has 18 heavy (non-hydrogen) atoms. The van der Waals surface area contributed by atoms with Gasteiger partial charge in [0.2, 0.25) is 5.91 Å². The first-order valence-electron chi connectivity index (χ1n) is 7.19. The van der Waals surface area contributed by atoms with Crippen LogP contribution in [0.2, 0.25) is 0 Å². The summed E-state index contributed by atoms with van der Waals surface area (Å²) in [5, 5.41) is 0. The van der Waals surface area contributed by atoms with Crippen LogP contribution in [-0.2, 0) is 9.53 Å². The first-order valence-corrected chi connectivity index (χ1v) is 7.19. The molecule has 4 heteroatoms. The van der Waals surface area contributed by atoms with E-state index >= 15 is 0 Å². The topological polar surface area (TPSA) is 55.6 Å². The number of ether oxygens (including phenoxy) is 1. The van der Waals surface area contributed by atoms with Gasteiger partial charge in [-0.15, -0.1) is 0 Å². The van der Waals surface area contributed by atoms with Crippen molar-refractivity contribution >= 4 is 5.91 Å². The van der Waals surface area contributed by atoms with Crippen LogP contribution in [0, 0.1) is 11.8 Å². The van der Waals surface area contributed by atoms with E-state index < -0.39 is 0 Å². The molecule has 0 aromatic heterocycles. The van der Waals surface area contributed by atoms with E-state index in [9.17, 15) is 4.79 Å². The van der Waals surface area contributed by atoms with Crippen LogP contribution in [-0.4, -0.2) is 43.2 Å². The van der Waals surface area contributed by atoms with Gasteiger partial charge in [-0.05, 0) is 38.0 Å². The van der Waals surface area contributed by atoms with Crippen molar-refractivity contribution in [2.45, 2.75) is 51.1 Å². The summed E-state index contributed by atoms with van der Waals surface area (Å²) in [6.07, 6.45) is 4.85. The quantitative estimate of drug-likeness (QED) is 0.810. The molecule has 0 radical (unpaired) electrons. The van der Waals surface area contributed by atoms with Crippen LogP contribution in [0.15, 0.2) is 0 Å². The van der Waals surface area contributed by atoms with Crippen LogP contribution in [0.3, 0.4) is 0 Å². The molecule has 0 bridgehead atoms. The summed E-state index contributed by atoms with van der Waals surface area (Å²) in [5.74, 6) is 0.976. The third kappa shape index (κ3) is 3.04. The highest BCUT2D eigenvalue weighted by Gasteiger charge is 2.33. The standard InChI is InChI=1S/C14H26N2O2/c1-10-9-11(3-4-13(10)15)14(17)16(2)12-5-7-18-8-6-12/h10-13H,3-9,15H2,1-2H3. The Morgan fingerprint density at radius 1 is 1.22 bits per heavy atom. The number of nitrogens with zero attached hydrogens (tertiary/aromatic N) is 1. The molecule has 2 rings (SSSR count). The monoisotopic (exact) mass is 254 g/mol. The minimum atomic E-state index is 0.188. The Hall–Kier alpha value is -0.610. The zero-order valence-corrected chi connectivity index (χ0v) is 11.6. The van der Waals surface area contributed by atoms with Crippen LogP contribution < -0.4 is 5.73 Å². The SMILES string of the molecule is CC1CC(C(=O)N(C)C2CCOCC2)CCC1N. The first kappa shape index (κ1) is 13.8. The lowest BCUT2D eigenvalue weighted by Crippen LogP contribution is -2.46. The van der Waals surface area contributed by atoms with Gasteiger partial charge in [-0.3, -0.25) is 4.79 Å². The summed E-state index contributed by atoms with van der Waals surface area (Å²) in [7, 11) is 1.96. The van der Waals surface area contributed by atoms with E-state index in [1.54, 1.807) is 0 Å². The average molecular weight is 254 g/mol. The second kappa shape index (κ2) is 6.02. The highest BCUT2D eigenvalue weighted by Crippen LogP contribution is 2.30.